The lowest BCUT2D eigenvalue weighted by Gasteiger charge is -2.10. The van der Waals surface area contributed by atoms with E-state index >= 15 is 0 Å². The summed E-state index contributed by atoms with van der Waals surface area (Å²) in [5.41, 5.74) is 1.89. The van der Waals surface area contributed by atoms with E-state index in [1.807, 2.05) is 0 Å². The molecule has 0 bridgehead atoms. The predicted octanol–water partition coefficient (Wildman–Crippen LogP) is 4.47. The summed E-state index contributed by atoms with van der Waals surface area (Å²) >= 11 is 12.1. The maximum Gasteiger partial charge on any atom is 0.374 e. The molecule has 2 amide bonds. The minimum atomic E-state index is -0.813. The van der Waals surface area contributed by atoms with Gasteiger partial charge in [0.05, 0.1) is 11.6 Å². The van der Waals surface area contributed by atoms with Gasteiger partial charge in [0.15, 0.2) is 6.61 Å². The summed E-state index contributed by atoms with van der Waals surface area (Å²) in [6.45, 7) is 0.909. The number of esters is 1. The van der Waals surface area contributed by atoms with Gasteiger partial charge >= 0.3 is 5.97 Å². The topological polar surface area (TPSA) is 97.6 Å². The molecule has 1 heterocycles. The number of benzene rings is 2. The number of hydrogen-bond acceptors (Lipinski definition) is 5. The van der Waals surface area contributed by atoms with Crippen LogP contribution in [0.3, 0.4) is 0 Å². The molecule has 3 rings (SSSR count). The highest BCUT2D eigenvalue weighted by Crippen LogP contribution is 2.29. The van der Waals surface area contributed by atoms with Gasteiger partial charge in [0, 0.05) is 16.3 Å². The van der Waals surface area contributed by atoms with Crippen molar-refractivity contribution in [1.29, 1.82) is 0 Å². The van der Waals surface area contributed by atoms with Gasteiger partial charge in [-0.15, -0.1) is 0 Å². The molecular weight excluding hydrogens is 443 g/mol. The Labute approximate surface area is 188 Å². The van der Waals surface area contributed by atoms with Crippen LogP contribution in [0.1, 0.15) is 16.1 Å². The number of hydrogen-bond donors (Lipinski definition) is 2. The van der Waals surface area contributed by atoms with Crippen LogP contribution in [0.25, 0.3) is 11.3 Å². The third kappa shape index (κ3) is 5.87. The second-order valence-corrected chi connectivity index (χ2v) is 7.27. The number of anilines is 1. The van der Waals surface area contributed by atoms with Gasteiger partial charge in [0.25, 0.3) is 5.91 Å². The van der Waals surface area contributed by atoms with Crippen LogP contribution < -0.4 is 10.6 Å². The maximum absolute atomic E-state index is 12.1. The first-order chi connectivity index (χ1) is 14.8. The second kappa shape index (κ2) is 10.1. The molecule has 31 heavy (non-hydrogen) atoms. The fourth-order valence-electron chi connectivity index (χ4n) is 2.62. The van der Waals surface area contributed by atoms with Gasteiger partial charge in [-0.2, -0.15) is 0 Å². The maximum atomic E-state index is 12.1. The largest absolute Gasteiger partial charge is 0.450 e. The molecule has 9 heteroatoms. The Hall–Kier alpha value is -3.29. The SMILES string of the molecule is Cc1c(Cl)cccc1NC(=O)CNC(=O)COC(=O)c1ccc(-c2ccccc2Cl)o1. The molecule has 0 saturated carbocycles. The molecular formula is C22H18Cl2N2O5. The van der Waals surface area contributed by atoms with Crippen molar-refractivity contribution in [2.24, 2.45) is 0 Å². The van der Waals surface area contributed by atoms with E-state index in [0.29, 0.717) is 32.6 Å². The molecule has 0 aliphatic heterocycles. The monoisotopic (exact) mass is 460 g/mol. The molecule has 0 fully saturated rings. The number of amides is 2. The molecule has 7 nitrogen and oxygen atoms in total. The van der Waals surface area contributed by atoms with Gasteiger partial charge in [0.2, 0.25) is 11.7 Å². The molecule has 0 unspecified atom stereocenters. The molecule has 2 N–H and O–H groups in total. The van der Waals surface area contributed by atoms with Crippen LogP contribution in [0.5, 0.6) is 0 Å². The fourth-order valence-corrected chi connectivity index (χ4v) is 3.03. The highest BCUT2D eigenvalue weighted by atomic mass is 35.5. The van der Waals surface area contributed by atoms with E-state index in [2.05, 4.69) is 10.6 Å². The Morgan fingerprint density at radius 3 is 2.45 bits per heavy atom. The summed E-state index contributed by atoms with van der Waals surface area (Å²) in [7, 11) is 0. The molecule has 0 spiro atoms. The number of rotatable bonds is 7. The molecule has 0 aliphatic rings. The van der Waals surface area contributed by atoms with Crippen LogP contribution in [-0.2, 0) is 14.3 Å². The van der Waals surface area contributed by atoms with Crippen molar-refractivity contribution < 1.29 is 23.5 Å². The molecule has 160 valence electrons. The molecule has 0 saturated heterocycles. The molecule has 1 aromatic heterocycles. The van der Waals surface area contributed by atoms with Crippen molar-refractivity contribution >= 4 is 46.7 Å². The normalized spacial score (nSPS) is 10.4. The van der Waals surface area contributed by atoms with Crippen LogP contribution >= 0.6 is 23.2 Å². The van der Waals surface area contributed by atoms with E-state index in [1.54, 1.807) is 55.5 Å². The van der Waals surface area contributed by atoms with Crippen molar-refractivity contribution in [1.82, 2.24) is 5.32 Å². The van der Waals surface area contributed by atoms with Gasteiger partial charge in [-0.05, 0) is 48.9 Å². The van der Waals surface area contributed by atoms with Gasteiger partial charge in [-0.25, -0.2) is 4.79 Å². The third-order valence-corrected chi connectivity index (χ3v) is 5.01. The van der Waals surface area contributed by atoms with Gasteiger partial charge in [0.1, 0.15) is 5.76 Å². The first-order valence-corrected chi connectivity index (χ1v) is 9.94. The first kappa shape index (κ1) is 22.4. The standard InChI is InChI=1S/C22H18Cl2N2O5/c1-13-15(23)7-4-8-17(13)26-20(27)11-25-21(28)12-30-22(29)19-10-9-18(31-19)14-5-2-3-6-16(14)24/h2-10H,11-12H2,1H3,(H,25,28)(H,26,27). The van der Waals surface area contributed by atoms with Crippen LogP contribution in [0, 0.1) is 6.92 Å². The van der Waals surface area contributed by atoms with Crippen molar-refractivity contribution in [2.45, 2.75) is 6.92 Å². The van der Waals surface area contributed by atoms with Gasteiger partial charge in [-0.3, -0.25) is 9.59 Å². The highest BCUT2D eigenvalue weighted by molar-refractivity contribution is 6.33. The molecule has 0 atom stereocenters. The number of furan rings is 1. The summed E-state index contributed by atoms with van der Waals surface area (Å²) in [6.07, 6.45) is 0. The quantitative estimate of drug-likeness (QED) is 0.506. The molecule has 0 radical (unpaired) electrons. The van der Waals surface area contributed by atoms with Crippen molar-refractivity contribution in [2.75, 3.05) is 18.5 Å². The van der Waals surface area contributed by atoms with Crippen LogP contribution in [0.2, 0.25) is 10.0 Å². The zero-order valence-corrected chi connectivity index (χ0v) is 17.9. The van der Waals surface area contributed by atoms with Crippen LogP contribution in [-0.4, -0.2) is 30.9 Å². The summed E-state index contributed by atoms with van der Waals surface area (Å²) in [6, 6.07) is 15.1. The minimum Gasteiger partial charge on any atom is -0.450 e. The van der Waals surface area contributed by atoms with E-state index in [9.17, 15) is 14.4 Å². The number of carbonyl (C=O) groups is 3. The predicted molar refractivity (Wildman–Crippen MR) is 117 cm³/mol. The van der Waals surface area contributed by atoms with Crippen molar-refractivity contribution in [3.05, 3.63) is 76.0 Å². The number of halogens is 2. The lowest BCUT2D eigenvalue weighted by Crippen LogP contribution is -2.35. The Balaban J connectivity index is 1.46. The summed E-state index contributed by atoms with van der Waals surface area (Å²) < 4.78 is 10.4. The minimum absolute atomic E-state index is 0.0723. The van der Waals surface area contributed by atoms with E-state index < -0.39 is 24.4 Å². The number of carbonyl (C=O) groups excluding carboxylic acids is 3. The Kier molecular flexibility index (Phi) is 7.33. The lowest BCUT2D eigenvalue weighted by atomic mass is 10.2. The summed E-state index contributed by atoms with van der Waals surface area (Å²) in [5.74, 6) is -1.57. The average molecular weight is 461 g/mol. The number of nitrogens with one attached hydrogen (secondary N) is 2. The lowest BCUT2D eigenvalue weighted by molar-refractivity contribution is -0.126. The van der Waals surface area contributed by atoms with Gasteiger partial charge in [-0.1, -0.05) is 41.4 Å². The van der Waals surface area contributed by atoms with E-state index in [1.165, 1.54) is 6.07 Å². The van der Waals surface area contributed by atoms with E-state index in [-0.39, 0.29) is 12.3 Å². The molecule has 3 aromatic rings. The zero-order chi connectivity index (χ0) is 22.4. The Bertz CT molecular complexity index is 1130. The van der Waals surface area contributed by atoms with Crippen LogP contribution in [0.4, 0.5) is 5.69 Å². The van der Waals surface area contributed by atoms with Gasteiger partial charge < -0.3 is 19.8 Å². The zero-order valence-electron chi connectivity index (χ0n) is 16.4. The first-order valence-electron chi connectivity index (χ1n) is 9.18. The van der Waals surface area contributed by atoms with E-state index in [0.717, 1.165) is 0 Å². The summed E-state index contributed by atoms with van der Waals surface area (Å²) in [5, 5.41) is 6.01. The van der Waals surface area contributed by atoms with E-state index in [4.69, 9.17) is 32.4 Å². The average Bonchev–Trinajstić information content (AvgIpc) is 3.24. The Morgan fingerprint density at radius 2 is 1.68 bits per heavy atom. The smallest absolute Gasteiger partial charge is 0.374 e. The fraction of sp³-hybridized carbons (Fsp3) is 0.136. The van der Waals surface area contributed by atoms with Crippen molar-refractivity contribution in [3.8, 4) is 11.3 Å². The van der Waals surface area contributed by atoms with Crippen molar-refractivity contribution in [3.63, 3.8) is 0 Å². The summed E-state index contributed by atoms with van der Waals surface area (Å²) in [4.78, 5) is 36.0. The highest BCUT2D eigenvalue weighted by Gasteiger charge is 2.17. The molecule has 0 aliphatic carbocycles. The van der Waals surface area contributed by atoms with Crippen LogP contribution in [0.15, 0.2) is 59.0 Å². The third-order valence-electron chi connectivity index (χ3n) is 4.27. The second-order valence-electron chi connectivity index (χ2n) is 6.46. The number of ether oxygens (including phenoxy) is 1. The Morgan fingerprint density at radius 1 is 0.935 bits per heavy atom. The molecule has 2 aromatic carbocycles.